The molecule has 0 unspecified atom stereocenters. The molecule has 1 heteroatoms. The molecule has 0 amide bonds. The molecule has 0 aliphatic rings. The molecule has 60 valence electrons. The number of rotatable bonds is 2. The number of allylic oxidation sites excluding steroid dienone is 1. The molecule has 0 aromatic heterocycles. The zero-order valence-electron chi connectivity index (χ0n) is 7.12. The third kappa shape index (κ3) is 1.96. The van der Waals surface area contributed by atoms with Crippen molar-refractivity contribution >= 4 is 6.08 Å². The lowest BCUT2D eigenvalue weighted by molar-refractivity contribution is 1.23. The van der Waals surface area contributed by atoms with E-state index >= 15 is 0 Å². The molecule has 1 aromatic rings. The lowest BCUT2D eigenvalue weighted by Crippen LogP contribution is -1.79. The van der Waals surface area contributed by atoms with E-state index in [0.29, 0.717) is 0 Å². The average molecular weight is 157 g/mol. The highest BCUT2D eigenvalue weighted by Gasteiger charge is 1.93. The van der Waals surface area contributed by atoms with E-state index in [1.807, 2.05) is 30.3 Å². The summed E-state index contributed by atoms with van der Waals surface area (Å²) in [5, 5.41) is 8.73. The molecular weight excluding hydrogens is 146 g/mol. The Morgan fingerprint density at radius 2 is 2.17 bits per heavy atom. The summed E-state index contributed by atoms with van der Waals surface area (Å²) in [7, 11) is 0. The lowest BCUT2D eigenvalue weighted by atomic mass is 10.1. The van der Waals surface area contributed by atoms with Crippen molar-refractivity contribution in [2.24, 2.45) is 0 Å². The van der Waals surface area contributed by atoms with E-state index in [1.54, 1.807) is 0 Å². The summed E-state index contributed by atoms with van der Waals surface area (Å²) in [6, 6.07) is 9.75. The SMILES string of the molecule is CC/C=C/c1ccccc1C#N. The fraction of sp³-hybridized carbons (Fsp3) is 0.182. The summed E-state index contributed by atoms with van der Waals surface area (Å²) in [5.74, 6) is 0. The summed E-state index contributed by atoms with van der Waals surface area (Å²) in [6.45, 7) is 2.07. The van der Waals surface area contributed by atoms with Gasteiger partial charge in [0.1, 0.15) is 0 Å². The highest BCUT2D eigenvalue weighted by Crippen LogP contribution is 2.09. The Hall–Kier alpha value is -1.55. The topological polar surface area (TPSA) is 23.8 Å². The van der Waals surface area contributed by atoms with Gasteiger partial charge in [-0.05, 0) is 18.1 Å². The molecule has 0 spiro atoms. The molecule has 0 aliphatic heterocycles. The minimum Gasteiger partial charge on any atom is -0.192 e. The van der Waals surface area contributed by atoms with Crippen LogP contribution in [0.5, 0.6) is 0 Å². The number of hydrogen-bond donors (Lipinski definition) is 0. The third-order valence-electron chi connectivity index (χ3n) is 1.61. The lowest BCUT2D eigenvalue weighted by Gasteiger charge is -1.94. The minimum absolute atomic E-state index is 0.738. The van der Waals surface area contributed by atoms with Crippen LogP contribution in [0.1, 0.15) is 24.5 Å². The van der Waals surface area contributed by atoms with E-state index in [9.17, 15) is 0 Å². The molecule has 0 radical (unpaired) electrons. The second-order valence-electron chi connectivity index (χ2n) is 2.51. The molecular formula is C11H11N. The van der Waals surface area contributed by atoms with Gasteiger partial charge < -0.3 is 0 Å². The van der Waals surface area contributed by atoms with Crippen molar-refractivity contribution in [2.75, 3.05) is 0 Å². The Morgan fingerprint density at radius 1 is 1.42 bits per heavy atom. The van der Waals surface area contributed by atoms with E-state index in [1.165, 1.54) is 0 Å². The molecule has 0 N–H and O–H groups in total. The third-order valence-corrected chi connectivity index (χ3v) is 1.61. The summed E-state index contributed by atoms with van der Waals surface area (Å²) in [6.07, 6.45) is 5.04. The smallest absolute Gasteiger partial charge is 0.0997 e. The van der Waals surface area contributed by atoms with Gasteiger partial charge in [0.2, 0.25) is 0 Å². The molecule has 0 fully saturated rings. The Balaban J connectivity index is 2.99. The molecule has 0 saturated carbocycles. The molecule has 12 heavy (non-hydrogen) atoms. The summed E-state index contributed by atoms with van der Waals surface area (Å²) >= 11 is 0. The molecule has 1 rings (SSSR count). The van der Waals surface area contributed by atoms with Crippen molar-refractivity contribution < 1.29 is 0 Å². The van der Waals surface area contributed by atoms with Crippen LogP contribution in [-0.4, -0.2) is 0 Å². The summed E-state index contributed by atoms with van der Waals surface area (Å²) < 4.78 is 0. The van der Waals surface area contributed by atoms with Crippen LogP contribution in [0.25, 0.3) is 6.08 Å². The van der Waals surface area contributed by atoms with Crippen molar-refractivity contribution in [3.63, 3.8) is 0 Å². The normalized spacial score (nSPS) is 10.0. The first kappa shape index (κ1) is 8.55. The molecule has 0 saturated heterocycles. The first-order valence-electron chi connectivity index (χ1n) is 4.04. The van der Waals surface area contributed by atoms with Gasteiger partial charge in [0.25, 0.3) is 0 Å². The van der Waals surface area contributed by atoms with Gasteiger partial charge in [-0.25, -0.2) is 0 Å². The quantitative estimate of drug-likeness (QED) is 0.647. The molecule has 1 nitrogen and oxygen atoms in total. The van der Waals surface area contributed by atoms with Crippen molar-refractivity contribution in [1.29, 1.82) is 5.26 Å². The van der Waals surface area contributed by atoms with Crippen LogP contribution in [0.15, 0.2) is 30.3 Å². The number of nitrogens with zero attached hydrogens (tertiary/aromatic N) is 1. The van der Waals surface area contributed by atoms with Gasteiger partial charge in [0, 0.05) is 0 Å². The molecule has 0 aliphatic carbocycles. The van der Waals surface area contributed by atoms with Gasteiger partial charge in [-0.1, -0.05) is 37.3 Å². The largest absolute Gasteiger partial charge is 0.192 e. The highest BCUT2D eigenvalue weighted by molar-refractivity contribution is 5.57. The van der Waals surface area contributed by atoms with Gasteiger partial charge in [-0.15, -0.1) is 0 Å². The van der Waals surface area contributed by atoms with Gasteiger partial charge in [0.15, 0.2) is 0 Å². The first-order valence-corrected chi connectivity index (χ1v) is 4.04. The van der Waals surface area contributed by atoms with Crippen LogP contribution < -0.4 is 0 Å². The molecule has 0 bridgehead atoms. The predicted molar refractivity (Wildman–Crippen MR) is 50.5 cm³/mol. The number of hydrogen-bond acceptors (Lipinski definition) is 1. The van der Waals surface area contributed by atoms with Crippen LogP contribution in [0.2, 0.25) is 0 Å². The van der Waals surface area contributed by atoms with Gasteiger partial charge in [-0.3, -0.25) is 0 Å². The zero-order chi connectivity index (χ0) is 8.81. The van der Waals surface area contributed by atoms with Crippen molar-refractivity contribution in [3.8, 4) is 6.07 Å². The van der Waals surface area contributed by atoms with Crippen LogP contribution in [-0.2, 0) is 0 Å². The first-order chi connectivity index (χ1) is 5.88. The minimum atomic E-state index is 0.738. The standard InChI is InChI=1S/C11H11N/c1-2-3-6-10-7-4-5-8-11(10)9-12/h3-8H,2H2,1H3/b6-3+. The maximum absolute atomic E-state index is 8.73. The van der Waals surface area contributed by atoms with E-state index in [4.69, 9.17) is 5.26 Å². The summed E-state index contributed by atoms with van der Waals surface area (Å²) in [4.78, 5) is 0. The van der Waals surface area contributed by atoms with Crippen LogP contribution >= 0.6 is 0 Å². The Labute approximate surface area is 73.0 Å². The van der Waals surface area contributed by atoms with E-state index in [0.717, 1.165) is 17.5 Å². The Morgan fingerprint density at radius 3 is 2.83 bits per heavy atom. The monoisotopic (exact) mass is 157 g/mol. The Kier molecular flexibility index (Phi) is 3.10. The van der Waals surface area contributed by atoms with Gasteiger partial charge in [0.05, 0.1) is 11.6 Å². The van der Waals surface area contributed by atoms with Gasteiger partial charge >= 0.3 is 0 Å². The van der Waals surface area contributed by atoms with Crippen molar-refractivity contribution in [1.82, 2.24) is 0 Å². The second kappa shape index (κ2) is 4.35. The van der Waals surface area contributed by atoms with E-state index in [-0.39, 0.29) is 0 Å². The number of nitriles is 1. The molecule has 1 aromatic carbocycles. The average Bonchev–Trinajstić information content (AvgIpc) is 2.15. The predicted octanol–water partition coefficient (Wildman–Crippen LogP) is 2.98. The molecule has 0 atom stereocenters. The zero-order valence-corrected chi connectivity index (χ0v) is 7.12. The van der Waals surface area contributed by atoms with Crippen LogP contribution in [0.4, 0.5) is 0 Å². The number of benzene rings is 1. The van der Waals surface area contributed by atoms with E-state index < -0.39 is 0 Å². The molecule has 0 heterocycles. The van der Waals surface area contributed by atoms with E-state index in [2.05, 4.69) is 19.1 Å². The van der Waals surface area contributed by atoms with Gasteiger partial charge in [-0.2, -0.15) is 5.26 Å². The highest BCUT2D eigenvalue weighted by atomic mass is 14.2. The Bertz CT molecular complexity index is 318. The maximum Gasteiger partial charge on any atom is 0.0997 e. The van der Waals surface area contributed by atoms with Crippen molar-refractivity contribution in [3.05, 3.63) is 41.5 Å². The second-order valence-corrected chi connectivity index (χ2v) is 2.51. The fourth-order valence-corrected chi connectivity index (χ4v) is 0.989. The van der Waals surface area contributed by atoms with Crippen LogP contribution in [0.3, 0.4) is 0 Å². The van der Waals surface area contributed by atoms with Crippen LogP contribution in [0, 0.1) is 11.3 Å². The van der Waals surface area contributed by atoms with Crippen molar-refractivity contribution in [2.45, 2.75) is 13.3 Å². The maximum atomic E-state index is 8.73. The summed E-state index contributed by atoms with van der Waals surface area (Å²) in [5.41, 5.74) is 1.74. The fourth-order valence-electron chi connectivity index (χ4n) is 0.989.